The van der Waals surface area contributed by atoms with Crippen LogP contribution in [0, 0.1) is 0 Å². The van der Waals surface area contributed by atoms with Gasteiger partial charge in [0.2, 0.25) is 10.0 Å². The van der Waals surface area contributed by atoms with Crippen LogP contribution in [0.15, 0.2) is 18.2 Å². The molecule has 1 rings (SSSR count). The van der Waals surface area contributed by atoms with Gasteiger partial charge < -0.3 is 5.73 Å². The van der Waals surface area contributed by atoms with E-state index in [0.29, 0.717) is 19.4 Å². The average Bonchev–Trinajstić information content (AvgIpc) is 2.24. The van der Waals surface area contributed by atoms with Gasteiger partial charge in [-0.15, -0.1) is 0 Å². The van der Waals surface area contributed by atoms with E-state index in [1.54, 1.807) is 18.2 Å². The quantitative estimate of drug-likeness (QED) is 0.792. The van der Waals surface area contributed by atoms with E-state index in [1.165, 1.54) is 0 Å². The zero-order valence-electron chi connectivity index (χ0n) is 9.12. The number of hydrogen-bond donors (Lipinski definition) is 2. The molecular formula is C10H14Cl2N2O2S. The lowest BCUT2D eigenvalue weighted by Gasteiger charge is -2.10. The summed E-state index contributed by atoms with van der Waals surface area (Å²) in [5, 5.41) is 0.555. The van der Waals surface area contributed by atoms with Crippen molar-refractivity contribution in [2.45, 2.75) is 12.8 Å². The Kier molecular flexibility index (Phi) is 5.52. The first-order valence-electron chi connectivity index (χ1n) is 5.11. The number of nitrogens with two attached hydrogens (primary N) is 1. The molecule has 7 heteroatoms. The molecule has 4 nitrogen and oxygen atoms in total. The summed E-state index contributed by atoms with van der Waals surface area (Å²) in [6.45, 7) is 0.475. The van der Waals surface area contributed by atoms with Gasteiger partial charge in [0.1, 0.15) is 0 Å². The summed E-state index contributed by atoms with van der Waals surface area (Å²) < 4.78 is 25.8. The second-order valence-corrected chi connectivity index (χ2v) is 6.17. The summed E-state index contributed by atoms with van der Waals surface area (Å²) in [5.41, 5.74) is 5.53. The van der Waals surface area contributed by atoms with Crippen LogP contribution in [0.25, 0.3) is 0 Å². The van der Waals surface area contributed by atoms with Crippen LogP contribution in [0.4, 0.5) is 5.69 Å². The minimum atomic E-state index is -3.43. The highest BCUT2D eigenvalue weighted by Crippen LogP contribution is 2.30. The lowest BCUT2D eigenvalue weighted by atomic mass is 10.3. The van der Waals surface area contributed by atoms with Crippen molar-refractivity contribution in [2.24, 2.45) is 5.73 Å². The Balaban J connectivity index is 2.76. The van der Waals surface area contributed by atoms with E-state index in [1.807, 2.05) is 0 Å². The summed E-state index contributed by atoms with van der Waals surface area (Å²) in [6.07, 6.45) is 1.17. The molecule has 0 amide bonds. The maximum atomic E-state index is 11.7. The van der Waals surface area contributed by atoms with Gasteiger partial charge in [0.15, 0.2) is 0 Å². The molecule has 0 aliphatic rings. The topological polar surface area (TPSA) is 72.2 Å². The molecule has 0 unspecified atom stereocenters. The van der Waals surface area contributed by atoms with Crippen LogP contribution in [-0.4, -0.2) is 20.7 Å². The van der Waals surface area contributed by atoms with Crippen molar-refractivity contribution in [2.75, 3.05) is 17.0 Å². The van der Waals surface area contributed by atoms with Crippen molar-refractivity contribution in [1.82, 2.24) is 0 Å². The van der Waals surface area contributed by atoms with E-state index in [2.05, 4.69) is 4.72 Å². The Morgan fingerprint density at radius 2 is 1.76 bits per heavy atom. The number of rotatable bonds is 6. The standard InChI is InChI=1S/C10H14Cl2N2O2S/c11-8-4-3-5-9(12)10(8)14-17(15,16)7-2-1-6-13/h3-5,14H,1-2,6-7,13H2. The van der Waals surface area contributed by atoms with Crippen LogP contribution in [0.3, 0.4) is 0 Å². The first-order chi connectivity index (χ1) is 7.96. The van der Waals surface area contributed by atoms with Gasteiger partial charge in [0, 0.05) is 0 Å². The third-order valence-corrected chi connectivity index (χ3v) is 4.06. The van der Waals surface area contributed by atoms with Crippen molar-refractivity contribution < 1.29 is 8.42 Å². The first-order valence-corrected chi connectivity index (χ1v) is 7.51. The lowest BCUT2D eigenvalue weighted by Crippen LogP contribution is -2.18. The van der Waals surface area contributed by atoms with E-state index in [0.717, 1.165) is 0 Å². The maximum Gasteiger partial charge on any atom is 0.232 e. The van der Waals surface area contributed by atoms with Gasteiger partial charge in [-0.3, -0.25) is 4.72 Å². The van der Waals surface area contributed by atoms with Gasteiger partial charge in [-0.05, 0) is 31.5 Å². The van der Waals surface area contributed by atoms with Gasteiger partial charge >= 0.3 is 0 Å². The Bertz CT molecular complexity index is 457. The zero-order valence-corrected chi connectivity index (χ0v) is 11.4. The zero-order chi connectivity index (χ0) is 12.9. The van der Waals surface area contributed by atoms with Crippen molar-refractivity contribution in [3.05, 3.63) is 28.2 Å². The first kappa shape index (κ1) is 14.6. The summed E-state index contributed by atoms with van der Waals surface area (Å²) >= 11 is 11.7. The third-order valence-electron chi connectivity index (χ3n) is 2.09. The Morgan fingerprint density at radius 3 is 2.29 bits per heavy atom. The molecule has 1 aromatic carbocycles. The molecule has 0 saturated heterocycles. The Hall–Kier alpha value is -0.490. The molecule has 0 atom stereocenters. The smallest absolute Gasteiger partial charge is 0.232 e. The van der Waals surface area contributed by atoms with Crippen LogP contribution in [-0.2, 0) is 10.0 Å². The molecule has 3 N–H and O–H groups in total. The molecule has 0 spiro atoms. The van der Waals surface area contributed by atoms with E-state index >= 15 is 0 Å². The number of anilines is 1. The van der Waals surface area contributed by atoms with Crippen molar-refractivity contribution >= 4 is 38.9 Å². The molecule has 1 aromatic rings. The monoisotopic (exact) mass is 296 g/mol. The molecule has 0 aromatic heterocycles. The lowest BCUT2D eigenvalue weighted by molar-refractivity contribution is 0.597. The number of halogens is 2. The highest BCUT2D eigenvalue weighted by Gasteiger charge is 2.14. The number of hydrogen-bond acceptors (Lipinski definition) is 3. The number of benzene rings is 1. The van der Waals surface area contributed by atoms with Crippen molar-refractivity contribution in [3.8, 4) is 0 Å². The van der Waals surface area contributed by atoms with Gasteiger partial charge in [-0.25, -0.2) is 8.42 Å². The normalized spacial score (nSPS) is 11.5. The van der Waals surface area contributed by atoms with E-state index in [4.69, 9.17) is 28.9 Å². The third kappa shape index (κ3) is 4.71. The fraction of sp³-hybridized carbons (Fsp3) is 0.400. The molecular weight excluding hydrogens is 283 g/mol. The van der Waals surface area contributed by atoms with Gasteiger partial charge in [0.05, 0.1) is 21.5 Å². The van der Waals surface area contributed by atoms with Gasteiger partial charge in [-0.2, -0.15) is 0 Å². The molecule has 17 heavy (non-hydrogen) atoms. The second kappa shape index (κ2) is 6.44. The van der Waals surface area contributed by atoms with E-state index < -0.39 is 10.0 Å². The van der Waals surface area contributed by atoms with Crippen LogP contribution < -0.4 is 10.5 Å². The largest absolute Gasteiger partial charge is 0.330 e. The van der Waals surface area contributed by atoms with Crippen LogP contribution in [0.1, 0.15) is 12.8 Å². The molecule has 0 radical (unpaired) electrons. The summed E-state index contributed by atoms with van der Waals surface area (Å²) in [6, 6.07) is 4.80. The average molecular weight is 297 g/mol. The highest BCUT2D eigenvalue weighted by atomic mass is 35.5. The minimum Gasteiger partial charge on any atom is -0.330 e. The summed E-state index contributed by atoms with van der Waals surface area (Å²) in [5.74, 6) is 0.00571. The fourth-order valence-corrected chi connectivity index (χ4v) is 3.06. The van der Waals surface area contributed by atoms with Gasteiger partial charge in [0.25, 0.3) is 0 Å². The Morgan fingerprint density at radius 1 is 1.18 bits per heavy atom. The van der Waals surface area contributed by atoms with E-state index in [-0.39, 0.29) is 21.5 Å². The van der Waals surface area contributed by atoms with Crippen LogP contribution in [0.2, 0.25) is 10.0 Å². The molecule has 0 saturated carbocycles. The van der Waals surface area contributed by atoms with Crippen molar-refractivity contribution in [1.29, 1.82) is 0 Å². The minimum absolute atomic E-state index is 0.00571. The SMILES string of the molecule is NCCCCS(=O)(=O)Nc1c(Cl)cccc1Cl. The van der Waals surface area contributed by atoms with E-state index in [9.17, 15) is 8.42 Å². The molecule has 96 valence electrons. The Labute approximate surface area is 111 Å². The number of sulfonamides is 1. The fourth-order valence-electron chi connectivity index (χ4n) is 1.24. The predicted molar refractivity (Wildman–Crippen MR) is 72.2 cm³/mol. The number of unbranched alkanes of at least 4 members (excludes halogenated alkanes) is 1. The highest BCUT2D eigenvalue weighted by molar-refractivity contribution is 7.92. The second-order valence-electron chi connectivity index (χ2n) is 3.51. The van der Waals surface area contributed by atoms with Crippen LogP contribution in [0.5, 0.6) is 0 Å². The number of nitrogens with one attached hydrogen (secondary N) is 1. The number of para-hydroxylation sites is 1. The molecule has 0 aliphatic heterocycles. The summed E-state index contributed by atoms with van der Waals surface area (Å²) in [4.78, 5) is 0. The van der Waals surface area contributed by atoms with Gasteiger partial charge in [-0.1, -0.05) is 29.3 Å². The maximum absolute atomic E-state index is 11.7. The summed E-state index contributed by atoms with van der Waals surface area (Å²) in [7, 11) is -3.43. The molecule has 0 aliphatic carbocycles. The molecule has 0 fully saturated rings. The van der Waals surface area contributed by atoms with Crippen LogP contribution >= 0.6 is 23.2 Å². The predicted octanol–water partition coefficient (Wildman–Crippen LogP) is 2.47. The molecule has 0 heterocycles. The molecule has 0 bridgehead atoms. The van der Waals surface area contributed by atoms with Crippen molar-refractivity contribution in [3.63, 3.8) is 0 Å².